The maximum Gasteiger partial charge on any atom is 0.244 e. The van der Waals surface area contributed by atoms with E-state index < -0.39 is 34.4 Å². The highest BCUT2D eigenvalue weighted by molar-refractivity contribution is 7.92. The monoisotopic (exact) mass is 539 g/mol. The summed E-state index contributed by atoms with van der Waals surface area (Å²) in [6, 6.07) is 8.46. The van der Waals surface area contributed by atoms with Gasteiger partial charge in [0, 0.05) is 18.6 Å². The summed E-state index contributed by atoms with van der Waals surface area (Å²) in [6.45, 7) is 0.956. The molecule has 0 saturated carbocycles. The standard InChI is InChI=1S/C20H21Cl4N3O4S/c1-12(20(29)25-2)26(10-13-5-4-6-14(21)7-13)19(28)11-27(32(3,30)31)18-9-16(23)15(22)8-17(18)24/h4-9,12H,10-11H2,1-3H3,(H,25,29)/t12-/m0/s1. The molecular formula is C20H21Cl4N3O4S. The number of hydrogen-bond donors (Lipinski definition) is 1. The van der Waals surface area contributed by atoms with Crippen LogP contribution in [-0.4, -0.2) is 51.0 Å². The van der Waals surface area contributed by atoms with Gasteiger partial charge >= 0.3 is 0 Å². The molecule has 32 heavy (non-hydrogen) atoms. The lowest BCUT2D eigenvalue weighted by Crippen LogP contribution is -2.50. The number of halogens is 4. The summed E-state index contributed by atoms with van der Waals surface area (Å²) in [5.41, 5.74) is 0.660. The highest BCUT2D eigenvalue weighted by atomic mass is 35.5. The molecule has 2 amide bonds. The Balaban J connectivity index is 2.46. The number of amides is 2. The average Bonchev–Trinajstić information content (AvgIpc) is 2.71. The van der Waals surface area contributed by atoms with Gasteiger partial charge in [0.05, 0.1) is 27.0 Å². The third-order valence-electron chi connectivity index (χ3n) is 4.59. The van der Waals surface area contributed by atoms with E-state index in [-0.39, 0.29) is 27.3 Å². The van der Waals surface area contributed by atoms with Crippen molar-refractivity contribution in [1.82, 2.24) is 10.2 Å². The van der Waals surface area contributed by atoms with Crippen molar-refractivity contribution < 1.29 is 18.0 Å². The number of carbonyl (C=O) groups excluding carboxylic acids is 2. The Labute approximate surface area is 207 Å². The molecule has 0 fully saturated rings. The molecule has 2 aromatic carbocycles. The summed E-state index contributed by atoms with van der Waals surface area (Å²) >= 11 is 24.2. The molecule has 0 aliphatic carbocycles. The normalized spacial score (nSPS) is 12.2. The Morgan fingerprint density at radius 1 is 1.03 bits per heavy atom. The molecule has 174 valence electrons. The molecule has 1 N–H and O–H groups in total. The van der Waals surface area contributed by atoms with Crippen LogP contribution < -0.4 is 9.62 Å². The zero-order valence-electron chi connectivity index (χ0n) is 17.4. The number of carbonyl (C=O) groups is 2. The van der Waals surface area contributed by atoms with E-state index in [0.29, 0.717) is 10.6 Å². The van der Waals surface area contributed by atoms with Gasteiger partial charge in [-0.2, -0.15) is 0 Å². The molecule has 0 heterocycles. The van der Waals surface area contributed by atoms with E-state index in [1.807, 2.05) is 0 Å². The predicted octanol–water partition coefficient (Wildman–Crippen LogP) is 4.23. The molecule has 2 aromatic rings. The SMILES string of the molecule is CNC(=O)[C@H](C)N(Cc1cccc(Cl)c1)C(=O)CN(c1cc(Cl)c(Cl)cc1Cl)S(C)(=O)=O. The van der Waals surface area contributed by atoms with Gasteiger partial charge in [0.15, 0.2) is 0 Å². The van der Waals surface area contributed by atoms with Gasteiger partial charge in [-0.3, -0.25) is 13.9 Å². The van der Waals surface area contributed by atoms with Crippen molar-refractivity contribution in [2.45, 2.75) is 19.5 Å². The van der Waals surface area contributed by atoms with Crippen molar-refractivity contribution in [3.8, 4) is 0 Å². The first-order chi connectivity index (χ1) is 14.8. The third kappa shape index (κ3) is 6.65. The molecule has 0 bridgehead atoms. The fourth-order valence-corrected chi connectivity index (χ4v) is 4.68. The van der Waals surface area contributed by atoms with Crippen LogP contribution >= 0.6 is 46.4 Å². The minimum absolute atomic E-state index is 0.00151. The summed E-state index contributed by atoms with van der Waals surface area (Å²) in [7, 11) is -2.51. The summed E-state index contributed by atoms with van der Waals surface area (Å²) in [4.78, 5) is 26.8. The summed E-state index contributed by atoms with van der Waals surface area (Å²) < 4.78 is 25.9. The van der Waals surface area contributed by atoms with Crippen LogP contribution in [0.5, 0.6) is 0 Å². The summed E-state index contributed by atoms with van der Waals surface area (Å²) in [6.07, 6.45) is 0.933. The van der Waals surface area contributed by atoms with Crippen LogP contribution in [0.25, 0.3) is 0 Å². The topological polar surface area (TPSA) is 86.8 Å². The van der Waals surface area contributed by atoms with E-state index in [1.165, 1.54) is 31.0 Å². The largest absolute Gasteiger partial charge is 0.357 e. The maximum absolute atomic E-state index is 13.3. The van der Waals surface area contributed by atoms with Crippen LogP contribution in [0.15, 0.2) is 36.4 Å². The van der Waals surface area contributed by atoms with Gasteiger partial charge in [0.2, 0.25) is 21.8 Å². The summed E-state index contributed by atoms with van der Waals surface area (Å²) in [5, 5.41) is 3.16. The van der Waals surface area contributed by atoms with Gasteiger partial charge in [-0.1, -0.05) is 58.5 Å². The van der Waals surface area contributed by atoms with E-state index in [9.17, 15) is 18.0 Å². The molecule has 12 heteroatoms. The van der Waals surface area contributed by atoms with Gasteiger partial charge in [-0.15, -0.1) is 0 Å². The van der Waals surface area contributed by atoms with E-state index in [1.54, 1.807) is 24.3 Å². The molecule has 0 unspecified atom stereocenters. The highest BCUT2D eigenvalue weighted by Crippen LogP contribution is 2.35. The van der Waals surface area contributed by atoms with Crippen molar-refractivity contribution in [1.29, 1.82) is 0 Å². The van der Waals surface area contributed by atoms with Crippen LogP contribution in [0.2, 0.25) is 20.1 Å². The smallest absolute Gasteiger partial charge is 0.244 e. The number of anilines is 1. The number of likely N-dealkylation sites (N-methyl/N-ethyl adjacent to an activating group) is 1. The zero-order valence-corrected chi connectivity index (χ0v) is 21.2. The Morgan fingerprint density at radius 2 is 1.66 bits per heavy atom. The molecule has 0 spiro atoms. The van der Waals surface area contributed by atoms with Gasteiger partial charge in [0.1, 0.15) is 12.6 Å². The second-order valence-corrected chi connectivity index (χ2v) is 10.5. The zero-order chi connectivity index (χ0) is 24.2. The lowest BCUT2D eigenvalue weighted by atomic mass is 10.1. The minimum Gasteiger partial charge on any atom is -0.357 e. The second-order valence-electron chi connectivity index (χ2n) is 6.93. The van der Waals surface area contributed by atoms with Crippen LogP contribution in [0.4, 0.5) is 5.69 Å². The van der Waals surface area contributed by atoms with Crippen LogP contribution in [0.1, 0.15) is 12.5 Å². The lowest BCUT2D eigenvalue weighted by molar-refractivity contribution is -0.139. The molecule has 1 atom stereocenters. The molecule has 0 radical (unpaired) electrons. The number of nitrogens with zero attached hydrogens (tertiary/aromatic N) is 2. The van der Waals surface area contributed by atoms with Crippen molar-refractivity contribution in [3.05, 3.63) is 62.1 Å². The molecule has 7 nitrogen and oxygen atoms in total. The predicted molar refractivity (Wildman–Crippen MR) is 129 cm³/mol. The molecule has 0 aromatic heterocycles. The minimum atomic E-state index is -3.95. The Hall–Kier alpha value is -1.71. The number of hydrogen-bond acceptors (Lipinski definition) is 4. The van der Waals surface area contributed by atoms with Gasteiger partial charge < -0.3 is 10.2 Å². The fourth-order valence-electron chi connectivity index (χ4n) is 2.92. The number of nitrogens with one attached hydrogen (secondary N) is 1. The number of rotatable bonds is 8. The first-order valence-electron chi connectivity index (χ1n) is 9.23. The Bertz CT molecular complexity index is 1130. The lowest BCUT2D eigenvalue weighted by Gasteiger charge is -2.31. The van der Waals surface area contributed by atoms with Crippen molar-refractivity contribution in [2.75, 3.05) is 24.2 Å². The van der Waals surface area contributed by atoms with E-state index in [0.717, 1.165) is 10.6 Å². The van der Waals surface area contributed by atoms with Crippen LogP contribution in [0.3, 0.4) is 0 Å². The second kappa shape index (κ2) is 10.9. The quantitative estimate of drug-likeness (QED) is 0.507. The van der Waals surface area contributed by atoms with E-state index in [4.69, 9.17) is 46.4 Å². The van der Waals surface area contributed by atoms with Crippen molar-refractivity contribution >= 4 is 73.9 Å². The molecule has 0 aliphatic heterocycles. The summed E-state index contributed by atoms with van der Waals surface area (Å²) in [5.74, 6) is -1.05. The highest BCUT2D eigenvalue weighted by Gasteiger charge is 2.30. The van der Waals surface area contributed by atoms with Crippen molar-refractivity contribution in [2.24, 2.45) is 0 Å². The average molecular weight is 541 g/mol. The molecule has 0 aliphatic rings. The Kier molecular flexibility index (Phi) is 9.07. The van der Waals surface area contributed by atoms with Gasteiger partial charge in [-0.05, 0) is 36.8 Å². The van der Waals surface area contributed by atoms with Crippen molar-refractivity contribution in [3.63, 3.8) is 0 Å². The van der Waals surface area contributed by atoms with E-state index >= 15 is 0 Å². The third-order valence-corrected chi connectivity index (χ3v) is 6.98. The Morgan fingerprint density at radius 3 is 2.22 bits per heavy atom. The first kappa shape index (κ1) is 26.5. The first-order valence-corrected chi connectivity index (χ1v) is 12.6. The number of sulfonamides is 1. The van der Waals surface area contributed by atoms with E-state index in [2.05, 4.69) is 5.32 Å². The van der Waals surface area contributed by atoms with Gasteiger partial charge in [-0.25, -0.2) is 8.42 Å². The molecule has 0 saturated heterocycles. The van der Waals surface area contributed by atoms with Gasteiger partial charge in [0.25, 0.3) is 0 Å². The molecular weight excluding hydrogens is 520 g/mol. The molecule has 2 rings (SSSR count). The van der Waals surface area contributed by atoms with Crippen LogP contribution in [0, 0.1) is 0 Å². The maximum atomic E-state index is 13.3. The van der Waals surface area contributed by atoms with Crippen LogP contribution in [-0.2, 0) is 26.2 Å². The fraction of sp³-hybridized carbons (Fsp3) is 0.300. The number of benzene rings is 2.